The van der Waals surface area contributed by atoms with Crippen LogP contribution >= 0.6 is 0 Å². The molecular formula is C17H17FO2. The molecule has 0 aliphatic carbocycles. The van der Waals surface area contributed by atoms with Crippen molar-refractivity contribution in [2.24, 2.45) is 0 Å². The molecule has 0 saturated heterocycles. The van der Waals surface area contributed by atoms with Gasteiger partial charge in [-0.05, 0) is 42.3 Å². The van der Waals surface area contributed by atoms with Crippen molar-refractivity contribution in [3.63, 3.8) is 0 Å². The molecule has 2 aromatic carbocycles. The molecule has 20 heavy (non-hydrogen) atoms. The van der Waals surface area contributed by atoms with E-state index in [2.05, 4.69) is 0 Å². The normalized spacial score (nSPS) is 10.8. The van der Waals surface area contributed by atoms with Gasteiger partial charge < -0.3 is 9.47 Å². The van der Waals surface area contributed by atoms with Gasteiger partial charge in [0.25, 0.3) is 0 Å². The average Bonchev–Trinajstić information content (AvgIpc) is 2.47. The Hall–Kier alpha value is -2.29. The van der Waals surface area contributed by atoms with Gasteiger partial charge in [0, 0.05) is 5.56 Å². The Morgan fingerprint density at radius 1 is 0.850 bits per heavy atom. The maximum absolute atomic E-state index is 12.8. The van der Waals surface area contributed by atoms with Gasteiger partial charge in [-0.3, -0.25) is 0 Å². The van der Waals surface area contributed by atoms with Gasteiger partial charge in [0.05, 0.1) is 14.2 Å². The van der Waals surface area contributed by atoms with E-state index in [1.165, 1.54) is 12.1 Å². The van der Waals surface area contributed by atoms with E-state index in [9.17, 15) is 4.39 Å². The van der Waals surface area contributed by atoms with Crippen LogP contribution in [-0.2, 0) is 0 Å². The lowest BCUT2D eigenvalue weighted by Gasteiger charge is -2.10. The van der Waals surface area contributed by atoms with Crippen LogP contribution in [0.3, 0.4) is 0 Å². The summed E-state index contributed by atoms with van der Waals surface area (Å²) < 4.78 is 23.5. The van der Waals surface area contributed by atoms with E-state index in [0.29, 0.717) is 0 Å². The summed E-state index contributed by atoms with van der Waals surface area (Å²) >= 11 is 0. The van der Waals surface area contributed by atoms with Crippen molar-refractivity contribution in [1.29, 1.82) is 0 Å². The van der Waals surface area contributed by atoms with Crippen LogP contribution in [0.25, 0.3) is 12.2 Å². The number of hydrogen-bond acceptors (Lipinski definition) is 2. The molecule has 104 valence electrons. The van der Waals surface area contributed by atoms with E-state index in [-0.39, 0.29) is 5.82 Å². The molecule has 0 atom stereocenters. The summed E-state index contributed by atoms with van der Waals surface area (Å²) in [7, 11) is 3.27. The molecule has 3 heteroatoms. The molecule has 0 heterocycles. The zero-order chi connectivity index (χ0) is 14.5. The predicted octanol–water partition coefficient (Wildman–Crippen LogP) is 4.32. The largest absolute Gasteiger partial charge is 0.496 e. The summed E-state index contributed by atoms with van der Waals surface area (Å²) in [6.07, 6.45) is 3.86. The molecule has 2 nitrogen and oxygen atoms in total. The first-order valence-corrected chi connectivity index (χ1v) is 6.30. The lowest BCUT2D eigenvalue weighted by Crippen LogP contribution is -1.93. The first kappa shape index (κ1) is 14.1. The Labute approximate surface area is 118 Å². The third-order valence-corrected chi connectivity index (χ3v) is 3.11. The van der Waals surface area contributed by atoms with Crippen LogP contribution in [0, 0.1) is 12.7 Å². The maximum atomic E-state index is 12.8. The van der Waals surface area contributed by atoms with Crippen LogP contribution in [0.4, 0.5) is 4.39 Å². The highest BCUT2D eigenvalue weighted by Gasteiger charge is 2.06. The Balaban J connectivity index is 2.31. The summed E-state index contributed by atoms with van der Waals surface area (Å²) in [5, 5.41) is 0. The first-order valence-electron chi connectivity index (χ1n) is 6.30. The van der Waals surface area contributed by atoms with Crippen molar-refractivity contribution in [3.8, 4) is 11.5 Å². The van der Waals surface area contributed by atoms with Crippen molar-refractivity contribution in [1.82, 2.24) is 0 Å². The molecule has 0 aromatic heterocycles. The fourth-order valence-corrected chi connectivity index (χ4v) is 1.97. The number of halogens is 1. The van der Waals surface area contributed by atoms with E-state index in [1.807, 2.05) is 31.2 Å². The molecule has 0 bridgehead atoms. The van der Waals surface area contributed by atoms with Gasteiger partial charge in [-0.1, -0.05) is 24.3 Å². The second-order valence-corrected chi connectivity index (χ2v) is 4.44. The van der Waals surface area contributed by atoms with Gasteiger partial charge in [0.15, 0.2) is 0 Å². The third-order valence-electron chi connectivity index (χ3n) is 3.11. The summed E-state index contributed by atoms with van der Waals surface area (Å²) in [6.45, 7) is 1.95. The van der Waals surface area contributed by atoms with Crippen LogP contribution in [0.1, 0.15) is 16.7 Å². The molecular weight excluding hydrogens is 255 g/mol. The van der Waals surface area contributed by atoms with Crippen molar-refractivity contribution in [2.45, 2.75) is 6.92 Å². The molecule has 0 aliphatic heterocycles. The molecule has 0 aliphatic rings. The summed E-state index contributed by atoms with van der Waals surface area (Å²) in [6, 6.07) is 10.2. The Kier molecular flexibility index (Phi) is 4.41. The lowest BCUT2D eigenvalue weighted by atomic mass is 10.1. The fraction of sp³-hybridized carbons (Fsp3) is 0.176. The van der Waals surface area contributed by atoms with Crippen LogP contribution < -0.4 is 9.47 Å². The van der Waals surface area contributed by atoms with Crippen LogP contribution in [0.2, 0.25) is 0 Å². The van der Waals surface area contributed by atoms with E-state index >= 15 is 0 Å². The zero-order valence-electron chi connectivity index (χ0n) is 11.8. The van der Waals surface area contributed by atoms with Crippen LogP contribution in [-0.4, -0.2) is 14.2 Å². The fourth-order valence-electron chi connectivity index (χ4n) is 1.97. The molecule has 2 aromatic rings. The number of hydrogen-bond donors (Lipinski definition) is 0. The van der Waals surface area contributed by atoms with E-state index in [4.69, 9.17) is 9.47 Å². The van der Waals surface area contributed by atoms with Gasteiger partial charge in [-0.25, -0.2) is 4.39 Å². The lowest BCUT2D eigenvalue weighted by molar-refractivity contribution is 0.388. The Bertz CT molecular complexity index is 590. The molecule has 0 spiro atoms. The minimum Gasteiger partial charge on any atom is -0.496 e. The van der Waals surface area contributed by atoms with E-state index in [1.54, 1.807) is 26.4 Å². The van der Waals surface area contributed by atoms with Crippen molar-refractivity contribution in [2.75, 3.05) is 14.2 Å². The number of ether oxygens (including phenoxy) is 2. The number of benzene rings is 2. The van der Waals surface area contributed by atoms with Gasteiger partial charge in [-0.2, -0.15) is 0 Å². The summed E-state index contributed by atoms with van der Waals surface area (Å²) in [5.41, 5.74) is 2.87. The van der Waals surface area contributed by atoms with Crippen LogP contribution in [0.15, 0.2) is 36.4 Å². The standard InChI is InChI=1S/C17H17FO2/c1-12-16(19-2)10-14(11-17(12)20-3)5-4-13-6-8-15(18)9-7-13/h4-11H,1-3H3/b5-4-. The molecule has 0 radical (unpaired) electrons. The van der Waals surface area contributed by atoms with Crippen molar-refractivity contribution >= 4 is 12.2 Å². The highest BCUT2D eigenvalue weighted by molar-refractivity contribution is 5.71. The summed E-state index contributed by atoms with van der Waals surface area (Å²) in [4.78, 5) is 0. The minimum atomic E-state index is -0.235. The second kappa shape index (κ2) is 6.24. The van der Waals surface area contributed by atoms with Crippen molar-refractivity contribution < 1.29 is 13.9 Å². The zero-order valence-corrected chi connectivity index (χ0v) is 11.8. The van der Waals surface area contributed by atoms with Crippen LogP contribution in [0.5, 0.6) is 11.5 Å². The third kappa shape index (κ3) is 3.18. The van der Waals surface area contributed by atoms with E-state index < -0.39 is 0 Å². The molecule has 2 rings (SSSR count). The highest BCUT2D eigenvalue weighted by atomic mass is 19.1. The van der Waals surface area contributed by atoms with Gasteiger partial charge in [-0.15, -0.1) is 0 Å². The first-order chi connectivity index (χ1) is 9.63. The smallest absolute Gasteiger partial charge is 0.126 e. The number of methoxy groups -OCH3 is 2. The Morgan fingerprint density at radius 3 is 1.85 bits per heavy atom. The average molecular weight is 272 g/mol. The Morgan fingerprint density at radius 2 is 1.35 bits per heavy atom. The summed E-state index contributed by atoms with van der Waals surface area (Å²) in [5.74, 6) is 1.33. The SMILES string of the molecule is COc1cc(/C=C\c2ccc(F)cc2)cc(OC)c1C. The molecule has 0 amide bonds. The van der Waals surface area contributed by atoms with Crippen molar-refractivity contribution in [3.05, 3.63) is 58.9 Å². The second-order valence-electron chi connectivity index (χ2n) is 4.44. The van der Waals surface area contributed by atoms with Gasteiger partial charge in [0.2, 0.25) is 0 Å². The van der Waals surface area contributed by atoms with Gasteiger partial charge >= 0.3 is 0 Å². The topological polar surface area (TPSA) is 18.5 Å². The highest BCUT2D eigenvalue weighted by Crippen LogP contribution is 2.30. The van der Waals surface area contributed by atoms with Gasteiger partial charge in [0.1, 0.15) is 17.3 Å². The molecule has 0 N–H and O–H groups in total. The predicted molar refractivity (Wildman–Crippen MR) is 79.6 cm³/mol. The van der Waals surface area contributed by atoms with E-state index in [0.717, 1.165) is 28.2 Å². The minimum absolute atomic E-state index is 0.235. The maximum Gasteiger partial charge on any atom is 0.126 e. The number of rotatable bonds is 4. The molecule has 0 unspecified atom stereocenters. The molecule has 0 fully saturated rings. The molecule has 0 saturated carbocycles. The quantitative estimate of drug-likeness (QED) is 0.772. The monoisotopic (exact) mass is 272 g/mol.